The van der Waals surface area contributed by atoms with Crippen LogP contribution in [0.1, 0.15) is 30.3 Å². The lowest BCUT2D eigenvalue weighted by Crippen LogP contribution is -2.05. The molecular formula is C17H21N5. The number of rotatable bonds is 5. The summed E-state index contributed by atoms with van der Waals surface area (Å²) in [4.78, 5) is 4.59. The van der Waals surface area contributed by atoms with Crippen LogP contribution in [0.3, 0.4) is 0 Å². The first-order chi connectivity index (χ1) is 10.7. The number of nitrogens with zero attached hydrogens (tertiary/aromatic N) is 5. The van der Waals surface area contributed by atoms with Gasteiger partial charge in [-0.2, -0.15) is 10.2 Å². The highest BCUT2D eigenvalue weighted by Gasteiger charge is 2.07. The van der Waals surface area contributed by atoms with Gasteiger partial charge in [-0.3, -0.25) is 14.3 Å². The number of hydrogen-bond acceptors (Lipinski definition) is 3. The van der Waals surface area contributed by atoms with Gasteiger partial charge in [0.2, 0.25) is 0 Å². The molecule has 0 aliphatic rings. The molecule has 0 aliphatic heterocycles. The molecule has 0 saturated heterocycles. The second-order valence-electron chi connectivity index (χ2n) is 5.58. The average molecular weight is 295 g/mol. The summed E-state index contributed by atoms with van der Waals surface area (Å²) in [6.07, 6.45) is 4.82. The molecule has 22 heavy (non-hydrogen) atoms. The van der Waals surface area contributed by atoms with Crippen LogP contribution < -0.4 is 0 Å². The summed E-state index contributed by atoms with van der Waals surface area (Å²) in [5, 5.41) is 8.84. The molecule has 0 amide bonds. The standard InChI is InChI=1S/C17H21N5/c1-4-9-21-17(7-8-19-21)16-6-5-15(11-18-16)12-22-14(3)10-13(2)20-22/h5-8,10-11H,4,9,12H2,1-3H3. The Morgan fingerprint density at radius 1 is 1.09 bits per heavy atom. The van der Waals surface area contributed by atoms with Gasteiger partial charge in [0.05, 0.1) is 23.6 Å². The van der Waals surface area contributed by atoms with E-state index < -0.39 is 0 Å². The summed E-state index contributed by atoms with van der Waals surface area (Å²) in [7, 11) is 0. The van der Waals surface area contributed by atoms with E-state index in [1.165, 1.54) is 5.69 Å². The third-order valence-corrected chi connectivity index (χ3v) is 3.67. The van der Waals surface area contributed by atoms with Crippen molar-refractivity contribution in [1.82, 2.24) is 24.5 Å². The zero-order chi connectivity index (χ0) is 15.5. The number of hydrogen-bond donors (Lipinski definition) is 0. The maximum absolute atomic E-state index is 4.59. The molecule has 3 heterocycles. The van der Waals surface area contributed by atoms with Crippen LogP contribution in [-0.2, 0) is 13.1 Å². The van der Waals surface area contributed by atoms with E-state index in [1.54, 1.807) is 0 Å². The summed E-state index contributed by atoms with van der Waals surface area (Å²) in [5.74, 6) is 0. The van der Waals surface area contributed by atoms with Crippen LogP contribution in [0.15, 0.2) is 36.7 Å². The Kier molecular flexibility index (Phi) is 4.04. The Labute approximate surface area is 130 Å². The highest BCUT2D eigenvalue weighted by atomic mass is 15.3. The Morgan fingerprint density at radius 3 is 2.59 bits per heavy atom. The summed E-state index contributed by atoms with van der Waals surface area (Å²) in [6.45, 7) is 7.90. The highest BCUT2D eigenvalue weighted by Crippen LogP contribution is 2.17. The second-order valence-corrected chi connectivity index (χ2v) is 5.58. The summed E-state index contributed by atoms with van der Waals surface area (Å²) in [5.41, 5.74) is 5.40. The minimum atomic E-state index is 0.751. The van der Waals surface area contributed by atoms with Crippen molar-refractivity contribution in [3.63, 3.8) is 0 Å². The lowest BCUT2D eigenvalue weighted by molar-refractivity contribution is 0.608. The van der Waals surface area contributed by atoms with Crippen LogP contribution >= 0.6 is 0 Å². The van der Waals surface area contributed by atoms with E-state index in [9.17, 15) is 0 Å². The lowest BCUT2D eigenvalue weighted by atomic mass is 10.2. The summed E-state index contributed by atoms with van der Waals surface area (Å²) < 4.78 is 4.01. The van der Waals surface area contributed by atoms with E-state index >= 15 is 0 Å². The van der Waals surface area contributed by atoms with Crippen LogP contribution in [0.5, 0.6) is 0 Å². The molecule has 5 heteroatoms. The molecule has 3 rings (SSSR count). The maximum Gasteiger partial charge on any atom is 0.0883 e. The van der Waals surface area contributed by atoms with Crippen molar-refractivity contribution in [3.05, 3.63) is 53.6 Å². The van der Waals surface area contributed by atoms with Crippen LogP contribution in [0, 0.1) is 13.8 Å². The van der Waals surface area contributed by atoms with E-state index in [4.69, 9.17) is 0 Å². The fourth-order valence-corrected chi connectivity index (χ4v) is 2.62. The van der Waals surface area contributed by atoms with E-state index in [1.807, 2.05) is 34.7 Å². The normalized spacial score (nSPS) is 11.0. The molecule has 0 atom stereocenters. The first kappa shape index (κ1) is 14.5. The molecule has 3 aromatic rings. The smallest absolute Gasteiger partial charge is 0.0883 e. The van der Waals surface area contributed by atoms with Gasteiger partial charge in [0, 0.05) is 24.6 Å². The quantitative estimate of drug-likeness (QED) is 0.726. The van der Waals surface area contributed by atoms with Gasteiger partial charge in [0.15, 0.2) is 0 Å². The van der Waals surface area contributed by atoms with Crippen molar-refractivity contribution in [2.45, 2.75) is 40.3 Å². The van der Waals surface area contributed by atoms with Crippen molar-refractivity contribution in [2.75, 3.05) is 0 Å². The molecule has 3 aromatic heterocycles. The van der Waals surface area contributed by atoms with Crippen LogP contribution in [-0.4, -0.2) is 24.5 Å². The van der Waals surface area contributed by atoms with Gasteiger partial charge in [-0.1, -0.05) is 13.0 Å². The Balaban J connectivity index is 1.80. The van der Waals surface area contributed by atoms with Crippen molar-refractivity contribution in [2.24, 2.45) is 0 Å². The minimum Gasteiger partial charge on any atom is -0.265 e. The Hall–Kier alpha value is -2.43. The fourth-order valence-electron chi connectivity index (χ4n) is 2.62. The third kappa shape index (κ3) is 2.93. The molecule has 0 unspecified atom stereocenters. The van der Waals surface area contributed by atoms with Gasteiger partial charge in [-0.05, 0) is 44.0 Å². The predicted octanol–water partition coefficient (Wildman–Crippen LogP) is 3.22. The van der Waals surface area contributed by atoms with Crippen molar-refractivity contribution in [1.29, 1.82) is 0 Å². The van der Waals surface area contributed by atoms with Crippen LogP contribution in [0.25, 0.3) is 11.4 Å². The number of aryl methyl sites for hydroxylation is 3. The van der Waals surface area contributed by atoms with E-state index in [0.717, 1.165) is 42.2 Å². The van der Waals surface area contributed by atoms with Crippen LogP contribution in [0.2, 0.25) is 0 Å². The Morgan fingerprint density at radius 2 is 1.95 bits per heavy atom. The van der Waals surface area contributed by atoms with E-state index in [0.29, 0.717) is 0 Å². The lowest BCUT2D eigenvalue weighted by Gasteiger charge is -2.07. The highest BCUT2D eigenvalue weighted by molar-refractivity contribution is 5.54. The molecule has 0 N–H and O–H groups in total. The minimum absolute atomic E-state index is 0.751. The van der Waals surface area contributed by atoms with Gasteiger partial charge in [0.25, 0.3) is 0 Å². The third-order valence-electron chi connectivity index (χ3n) is 3.67. The summed E-state index contributed by atoms with van der Waals surface area (Å²) in [6, 6.07) is 8.27. The molecule has 0 spiro atoms. The second kappa shape index (κ2) is 6.13. The van der Waals surface area contributed by atoms with Gasteiger partial charge >= 0.3 is 0 Å². The van der Waals surface area contributed by atoms with Crippen molar-refractivity contribution in [3.8, 4) is 11.4 Å². The first-order valence-electron chi connectivity index (χ1n) is 7.65. The topological polar surface area (TPSA) is 48.5 Å². The fraction of sp³-hybridized carbons (Fsp3) is 0.353. The zero-order valence-corrected chi connectivity index (χ0v) is 13.3. The molecule has 0 aliphatic carbocycles. The summed E-state index contributed by atoms with van der Waals surface area (Å²) >= 11 is 0. The number of pyridine rings is 1. The molecule has 0 saturated carbocycles. The van der Waals surface area contributed by atoms with E-state index in [-0.39, 0.29) is 0 Å². The monoisotopic (exact) mass is 295 g/mol. The molecule has 5 nitrogen and oxygen atoms in total. The zero-order valence-electron chi connectivity index (χ0n) is 13.3. The van der Waals surface area contributed by atoms with Gasteiger partial charge < -0.3 is 0 Å². The Bertz CT molecular complexity index is 752. The SMILES string of the molecule is CCCn1nccc1-c1ccc(Cn2nc(C)cc2C)cn1. The molecular weight excluding hydrogens is 274 g/mol. The predicted molar refractivity (Wildman–Crippen MR) is 86.6 cm³/mol. The van der Waals surface area contributed by atoms with Crippen molar-refractivity contribution >= 4 is 0 Å². The molecule has 0 aromatic carbocycles. The number of aromatic nitrogens is 5. The van der Waals surface area contributed by atoms with Crippen LogP contribution in [0.4, 0.5) is 0 Å². The van der Waals surface area contributed by atoms with E-state index in [2.05, 4.69) is 47.2 Å². The molecule has 0 fully saturated rings. The maximum atomic E-state index is 4.59. The largest absolute Gasteiger partial charge is 0.265 e. The van der Waals surface area contributed by atoms with Crippen molar-refractivity contribution < 1.29 is 0 Å². The van der Waals surface area contributed by atoms with Gasteiger partial charge in [-0.25, -0.2) is 0 Å². The van der Waals surface area contributed by atoms with Gasteiger partial charge in [0.1, 0.15) is 0 Å². The average Bonchev–Trinajstić information content (AvgIpc) is 3.07. The first-order valence-corrected chi connectivity index (χ1v) is 7.65. The van der Waals surface area contributed by atoms with Gasteiger partial charge in [-0.15, -0.1) is 0 Å². The molecule has 0 radical (unpaired) electrons. The molecule has 0 bridgehead atoms. The molecule has 114 valence electrons.